The van der Waals surface area contributed by atoms with Gasteiger partial charge < -0.3 is 4.98 Å². The van der Waals surface area contributed by atoms with Crippen LogP contribution in [0.3, 0.4) is 0 Å². The van der Waals surface area contributed by atoms with Crippen molar-refractivity contribution in [1.29, 1.82) is 0 Å². The maximum atomic E-state index is 12.7. The van der Waals surface area contributed by atoms with Crippen LogP contribution < -0.4 is 0 Å². The number of sulfonamides is 1. The molecule has 1 aliphatic heterocycles. The van der Waals surface area contributed by atoms with Gasteiger partial charge in [0, 0.05) is 49.8 Å². The van der Waals surface area contributed by atoms with Crippen LogP contribution in [0.2, 0.25) is 0 Å². The van der Waals surface area contributed by atoms with Gasteiger partial charge >= 0.3 is 0 Å². The molecule has 1 N–H and O–H groups in total. The van der Waals surface area contributed by atoms with Crippen LogP contribution in [0.4, 0.5) is 0 Å². The summed E-state index contributed by atoms with van der Waals surface area (Å²) in [5.41, 5.74) is 4.40. The summed E-state index contributed by atoms with van der Waals surface area (Å²) >= 11 is 0. The second-order valence-electron chi connectivity index (χ2n) is 7.28. The summed E-state index contributed by atoms with van der Waals surface area (Å²) in [5.74, 6) is 0.0791. The molecule has 0 unspecified atom stereocenters. The summed E-state index contributed by atoms with van der Waals surface area (Å²) in [6.45, 7) is 5.47. The van der Waals surface area contributed by atoms with E-state index in [4.69, 9.17) is 0 Å². The number of aryl methyl sites for hydroxylation is 1. The van der Waals surface area contributed by atoms with Crippen molar-refractivity contribution in [2.45, 2.75) is 19.2 Å². The molecule has 0 atom stereocenters. The van der Waals surface area contributed by atoms with Gasteiger partial charge in [-0.2, -0.15) is 4.31 Å². The Morgan fingerprint density at radius 3 is 2.41 bits per heavy atom. The van der Waals surface area contributed by atoms with E-state index in [9.17, 15) is 8.42 Å². The molecule has 2 aromatic carbocycles. The zero-order chi connectivity index (χ0) is 18.9. The lowest BCUT2D eigenvalue weighted by Gasteiger charge is -2.34. The number of H-pyrrole nitrogens is 1. The summed E-state index contributed by atoms with van der Waals surface area (Å²) in [6.07, 6.45) is 2.06. The molecule has 0 saturated carbocycles. The van der Waals surface area contributed by atoms with Crippen LogP contribution in [0, 0.1) is 6.92 Å². The molecule has 1 aromatic heterocycles. The summed E-state index contributed by atoms with van der Waals surface area (Å²) in [5, 5.41) is 1.24. The molecule has 142 valence electrons. The molecule has 2 heterocycles. The van der Waals surface area contributed by atoms with Crippen molar-refractivity contribution >= 4 is 20.9 Å². The second kappa shape index (κ2) is 7.46. The Bertz CT molecular complexity index is 1020. The van der Waals surface area contributed by atoms with E-state index in [1.165, 1.54) is 10.9 Å². The van der Waals surface area contributed by atoms with Gasteiger partial charge in [0.25, 0.3) is 0 Å². The van der Waals surface area contributed by atoms with Crippen LogP contribution in [0.5, 0.6) is 0 Å². The van der Waals surface area contributed by atoms with Crippen molar-refractivity contribution in [2.24, 2.45) is 0 Å². The monoisotopic (exact) mass is 383 g/mol. The van der Waals surface area contributed by atoms with Crippen LogP contribution in [0.15, 0.2) is 54.7 Å². The number of hydrogen-bond donors (Lipinski definition) is 1. The first kappa shape index (κ1) is 18.2. The molecule has 1 fully saturated rings. The van der Waals surface area contributed by atoms with Crippen molar-refractivity contribution in [3.63, 3.8) is 0 Å². The lowest BCUT2D eigenvalue weighted by Crippen LogP contribution is -2.48. The number of rotatable bonds is 5. The smallest absolute Gasteiger partial charge is 0.218 e. The van der Waals surface area contributed by atoms with Gasteiger partial charge in [-0.15, -0.1) is 0 Å². The van der Waals surface area contributed by atoms with Crippen LogP contribution in [0.1, 0.15) is 16.7 Å². The SMILES string of the molecule is Cc1ccc(CS(=O)(=O)N2CCN(Cc3c[nH]c4ccccc34)CC2)cc1. The van der Waals surface area contributed by atoms with Crippen molar-refractivity contribution in [2.75, 3.05) is 26.2 Å². The highest BCUT2D eigenvalue weighted by Crippen LogP contribution is 2.21. The van der Waals surface area contributed by atoms with Gasteiger partial charge in [0.1, 0.15) is 0 Å². The molecular weight excluding hydrogens is 358 g/mol. The number of fused-ring (bicyclic) bond motifs is 1. The Kier molecular flexibility index (Phi) is 5.04. The summed E-state index contributed by atoms with van der Waals surface area (Å²) in [7, 11) is -3.27. The van der Waals surface area contributed by atoms with E-state index in [2.05, 4.69) is 34.3 Å². The first-order valence-electron chi connectivity index (χ1n) is 9.32. The van der Waals surface area contributed by atoms with Crippen molar-refractivity contribution in [1.82, 2.24) is 14.2 Å². The van der Waals surface area contributed by atoms with E-state index in [1.54, 1.807) is 4.31 Å². The molecule has 0 amide bonds. The maximum absolute atomic E-state index is 12.7. The zero-order valence-corrected chi connectivity index (χ0v) is 16.4. The molecule has 3 aromatic rings. The maximum Gasteiger partial charge on any atom is 0.218 e. The number of para-hydroxylation sites is 1. The van der Waals surface area contributed by atoms with Gasteiger partial charge in [-0.1, -0.05) is 48.0 Å². The highest BCUT2D eigenvalue weighted by molar-refractivity contribution is 7.88. The minimum atomic E-state index is -3.27. The number of piperazine rings is 1. The molecule has 1 saturated heterocycles. The summed E-state index contributed by atoms with van der Waals surface area (Å²) in [6, 6.07) is 16.0. The number of nitrogens with zero attached hydrogens (tertiary/aromatic N) is 2. The fourth-order valence-electron chi connectivity index (χ4n) is 3.66. The van der Waals surface area contributed by atoms with Gasteiger partial charge in [-0.25, -0.2) is 8.42 Å². The Balaban J connectivity index is 1.37. The number of aromatic amines is 1. The van der Waals surface area contributed by atoms with E-state index >= 15 is 0 Å². The van der Waals surface area contributed by atoms with E-state index in [1.807, 2.05) is 37.3 Å². The fraction of sp³-hybridized carbons (Fsp3) is 0.333. The van der Waals surface area contributed by atoms with Crippen LogP contribution in [-0.2, 0) is 22.3 Å². The second-order valence-corrected chi connectivity index (χ2v) is 9.25. The zero-order valence-electron chi connectivity index (χ0n) is 15.6. The quantitative estimate of drug-likeness (QED) is 0.736. The molecular formula is C21H25N3O2S. The summed E-state index contributed by atoms with van der Waals surface area (Å²) < 4.78 is 27.1. The average Bonchev–Trinajstić information content (AvgIpc) is 3.07. The Morgan fingerprint density at radius 2 is 1.67 bits per heavy atom. The third-order valence-electron chi connectivity index (χ3n) is 5.26. The van der Waals surface area contributed by atoms with Gasteiger partial charge in [0.05, 0.1) is 5.75 Å². The molecule has 0 aliphatic carbocycles. The number of benzene rings is 2. The van der Waals surface area contributed by atoms with Gasteiger partial charge in [0.15, 0.2) is 0 Å². The van der Waals surface area contributed by atoms with E-state index < -0.39 is 10.0 Å². The van der Waals surface area contributed by atoms with Gasteiger partial charge in [0.2, 0.25) is 10.0 Å². The predicted octanol–water partition coefficient (Wildman–Crippen LogP) is 3.12. The van der Waals surface area contributed by atoms with Crippen molar-refractivity contribution < 1.29 is 8.42 Å². The molecule has 0 bridgehead atoms. The first-order chi connectivity index (χ1) is 13.0. The molecule has 27 heavy (non-hydrogen) atoms. The first-order valence-corrected chi connectivity index (χ1v) is 10.9. The minimum Gasteiger partial charge on any atom is -0.361 e. The summed E-state index contributed by atoms with van der Waals surface area (Å²) in [4.78, 5) is 5.64. The molecule has 6 heteroatoms. The third kappa shape index (κ3) is 4.08. The molecule has 0 radical (unpaired) electrons. The van der Waals surface area contributed by atoms with Crippen LogP contribution in [0.25, 0.3) is 10.9 Å². The van der Waals surface area contributed by atoms with E-state index in [0.29, 0.717) is 13.1 Å². The van der Waals surface area contributed by atoms with Crippen molar-refractivity contribution in [3.8, 4) is 0 Å². The van der Waals surface area contributed by atoms with Crippen LogP contribution in [-0.4, -0.2) is 48.8 Å². The van der Waals surface area contributed by atoms with Gasteiger partial charge in [-0.05, 0) is 24.1 Å². The highest BCUT2D eigenvalue weighted by Gasteiger charge is 2.27. The molecule has 0 spiro atoms. The number of aromatic nitrogens is 1. The van der Waals surface area contributed by atoms with Gasteiger partial charge in [-0.3, -0.25) is 4.90 Å². The Morgan fingerprint density at radius 1 is 0.963 bits per heavy atom. The molecule has 1 aliphatic rings. The predicted molar refractivity (Wildman–Crippen MR) is 109 cm³/mol. The van der Waals surface area contributed by atoms with Crippen LogP contribution >= 0.6 is 0 Å². The minimum absolute atomic E-state index is 0.0791. The lowest BCUT2D eigenvalue weighted by atomic mass is 10.1. The highest BCUT2D eigenvalue weighted by atomic mass is 32.2. The normalized spacial score (nSPS) is 16.8. The molecule has 4 rings (SSSR count). The largest absolute Gasteiger partial charge is 0.361 e. The van der Waals surface area contributed by atoms with E-state index in [-0.39, 0.29) is 5.75 Å². The molecule has 5 nitrogen and oxygen atoms in total. The Hall–Kier alpha value is -2.15. The van der Waals surface area contributed by atoms with E-state index in [0.717, 1.165) is 36.3 Å². The topological polar surface area (TPSA) is 56.4 Å². The standard InChI is InChI=1S/C21H25N3O2S/c1-17-6-8-18(9-7-17)16-27(25,26)24-12-10-23(11-13-24)15-19-14-22-21-5-3-2-4-20(19)21/h2-9,14,22H,10-13,15-16H2,1H3. The third-order valence-corrected chi connectivity index (χ3v) is 7.11. The Labute approximate surface area is 160 Å². The average molecular weight is 384 g/mol. The lowest BCUT2D eigenvalue weighted by molar-refractivity contribution is 0.182. The van der Waals surface area contributed by atoms with Crippen molar-refractivity contribution in [3.05, 3.63) is 71.4 Å². The number of hydrogen-bond acceptors (Lipinski definition) is 3. The number of nitrogens with one attached hydrogen (secondary N) is 1. The fourth-order valence-corrected chi connectivity index (χ4v) is 5.17.